The summed E-state index contributed by atoms with van der Waals surface area (Å²) in [5.74, 6) is 0. The Hall–Kier alpha value is -2.41. The minimum Gasteiger partial charge on any atom is -0.268 e. The molecule has 0 amide bonds. The summed E-state index contributed by atoms with van der Waals surface area (Å²) in [6.07, 6.45) is 0. The number of hydrogen-bond donors (Lipinski definition) is 1. The van der Waals surface area contributed by atoms with Crippen LogP contribution in [0.15, 0.2) is 41.2 Å². The SMILES string of the molecule is N#Cc1ccc(-c2ccc(=O)[nH]n2)cc1.[HH]. The third-order valence-corrected chi connectivity index (χ3v) is 1.99. The summed E-state index contributed by atoms with van der Waals surface area (Å²) >= 11 is 0. The van der Waals surface area contributed by atoms with E-state index < -0.39 is 0 Å². The molecule has 0 aliphatic rings. The zero-order chi connectivity index (χ0) is 10.7. The average molecular weight is 199 g/mol. The molecular weight excluding hydrogens is 190 g/mol. The molecule has 0 saturated carbocycles. The quantitative estimate of drug-likeness (QED) is 0.757. The van der Waals surface area contributed by atoms with Gasteiger partial charge < -0.3 is 0 Å². The van der Waals surface area contributed by atoms with Gasteiger partial charge in [0.25, 0.3) is 5.56 Å². The van der Waals surface area contributed by atoms with E-state index in [0.717, 1.165) is 5.56 Å². The van der Waals surface area contributed by atoms with Crippen LogP contribution in [-0.4, -0.2) is 10.2 Å². The molecule has 74 valence electrons. The lowest BCUT2D eigenvalue weighted by atomic mass is 10.1. The fourth-order valence-electron chi connectivity index (χ4n) is 1.22. The lowest BCUT2D eigenvalue weighted by Gasteiger charge is -1.98. The van der Waals surface area contributed by atoms with Gasteiger partial charge in [-0.1, -0.05) is 12.1 Å². The lowest BCUT2D eigenvalue weighted by molar-refractivity contribution is 0.995. The van der Waals surface area contributed by atoms with E-state index in [1.165, 1.54) is 6.07 Å². The Bertz CT molecular complexity index is 549. The fourth-order valence-corrected chi connectivity index (χ4v) is 1.22. The van der Waals surface area contributed by atoms with Crippen LogP contribution in [0.1, 0.15) is 6.99 Å². The van der Waals surface area contributed by atoms with Gasteiger partial charge in [0.05, 0.1) is 17.3 Å². The Balaban J connectivity index is 0.00000128. The van der Waals surface area contributed by atoms with Gasteiger partial charge >= 0.3 is 0 Å². The highest BCUT2D eigenvalue weighted by atomic mass is 16.1. The maximum absolute atomic E-state index is 10.8. The second-order valence-electron chi connectivity index (χ2n) is 3.00. The van der Waals surface area contributed by atoms with Gasteiger partial charge in [0.1, 0.15) is 0 Å². The molecule has 15 heavy (non-hydrogen) atoms. The van der Waals surface area contributed by atoms with Crippen molar-refractivity contribution in [1.29, 1.82) is 5.26 Å². The number of H-pyrrole nitrogens is 1. The number of nitrogens with one attached hydrogen (secondary N) is 1. The van der Waals surface area contributed by atoms with E-state index in [2.05, 4.69) is 10.2 Å². The van der Waals surface area contributed by atoms with E-state index in [9.17, 15) is 4.79 Å². The monoisotopic (exact) mass is 199 g/mol. The molecule has 2 aromatic rings. The molecule has 1 aromatic heterocycles. The van der Waals surface area contributed by atoms with Crippen LogP contribution in [0.25, 0.3) is 11.3 Å². The molecule has 0 fully saturated rings. The molecule has 4 nitrogen and oxygen atoms in total. The van der Waals surface area contributed by atoms with Crippen molar-refractivity contribution >= 4 is 0 Å². The Kier molecular flexibility index (Phi) is 2.30. The van der Waals surface area contributed by atoms with E-state index in [-0.39, 0.29) is 6.99 Å². The van der Waals surface area contributed by atoms with E-state index in [0.29, 0.717) is 11.3 Å². The maximum atomic E-state index is 10.8. The van der Waals surface area contributed by atoms with Crippen LogP contribution in [0.4, 0.5) is 0 Å². The predicted octanol–water partition coefficient (Wildman–Crippen LogP) is 1.55. The summed E-state index contributed by atoms with van der Waals surface area (Å²) in [6, 6.07) is 12.1. The standard InChI is InChI=1S/C11H7N3O.H2/c12-7-8-1-3-9(4-2-8)10-5-6-11(15)14-13-10;/h1-6H,(H,14,15);1H. The van der Waals surface area contributed by atoms with Crippen LogP contribution in [-0.2, 0) is 0 Å². The van der Waals surface area contributed by atoms with E-state index in [1.54, 1.807) is 30.3 Å². The summed E-state index contributed by atoms with van der Waals surface area (Å²) in [6.45, 7) is 0. The summed E-state index contributed by atoms with van der Waals surface area (Å²) in [5, 5.41) is 14.9. The zero-order valence-electron chi connectivity index (χ0n) is 7.77. The summed E-state index contributed by atoms with van der Waals surface area (Å²) in [4.78, 5) is 10.8. The second-order valence-corrected chi connectivity index (χ2v) is 3.00. The fraction of sp³-hybridized carbons (Fsp3) is 0. The molecule has 0 atom stereocenters. The van der Waals surface area contributed by atoms with Crippen LogP contribution >= 0.6 is 0 Å². The molecule has 2 rings (SSSR count). The first-order chi connectivity index (χ1) is 7.29. The highest BCUT2D eigenvalue weighted by Crippen LogP contribution is 2.15. The average Bonchev–Trinajstić information content (AvgIpc) is 2.30. The van der Waals surface area contributed by atoms with Crippen molar-refractivity contribution in [2.75, 3.05) is 0 Å². The van der Waals surface area contributed by atoms with Crippen LogP contribution in [0, 0.1) is 11.3 Å². The number of aromatic nitrogens is 2. The number of benzene rings is 1. The van der Waals surface area contributed by atoms with Crippen molar-refractivity contribution in [1.82, 2.24) is 10.2 Å². The smallest absolute Gasteiger partial charge is 0.264 e. The van der Waals surface area contributed by atoms with Crippen molar-refractivity contribution < 1.29 is 1.43 Å². The third-order valence-electron chi connectivity index (χ3n) is 1.99. The molecule has 0 aliphatic carbocycles. The summed E-state index contributed by atoms with van der Waals surface area (Å²) in [7, 11) is 0. The van der Waals surface area contributed by atoms with E-state index in [1.807, 2.05) is 6.07 Å². The first kappa shape index (κ1) is 9.16. The van der Waals surface area contributed by atoms with Crippen LogP contribution < -0.4 is 5.56 Å². The molecule has 0 radical (unpaired) electrons. The molecular formula is C11H9N3O. The first-order valence-electron chi connectivity index (χ1n) is 4.36. The molecule has 0 aliphatic heterocycles. The Morgan fingerprint density at radius 2 is 1.93 bits per heavy atom. The number of nitriles is 1. The zero-order valence-corrected chi connectivity index (χ0v) is 7.77. The van der Waals surface area contributed by atoms with Crippen molar-refractivity contribution in [2.24, 2.45) is 0 Å². The van der Waals surface area contributed by atoms with Crippen molar-refractivity contribution in [3.8, 4) is 17.3 Å². The molecule has 4 heteroatoms. The first-order valence-corrected chi connectivity index (χ1v) is 4.36. The third kappa shape index (κ3) is 1.92. The van der Waals surface area contributed by atoms with Gasteiger partial charge in [-0.05, 0) is 18.2 Å². The lowest BCUT2D eigenvalue weighted by Crippen LogP contribution is -2.05. The second kappa shape index (κ2) is 3.76. The van der Waals surface area contributed by atoms with Crippen molar-refractivity contribution in [2.45, 2.75) is 0 Å². The van der Waals surface area contributed by atoms with E-state index in [4.69, 9.17) is 5.26 Å². The maximum Gasteiger partial charge on any atom is 0.264 e. The number of aromatic amines is 1. The highest BCUT2D eigenvalue weighted by molar-refractivity contribution is 5.59. The molecule has 0 spiro atoms. The van der Waals surface area contributed by atoms with Crippen LogP contribution in [0.2, 0.25) is 0 Å². The molecule has 1 heterocycles. The predicted molar refractivity (Wildman–Crippen MR) is 57.1 cm³/mol. The minimum atomic E-state index is -0.229. The van der Waals surface area contributed by atoms with Gasteiger partial charge in [-0.25, -0.2) is 5.10 Å². The Labute approximate surface area is 87.3 Å². The molecule has 0 unspecified atom stereocenters. The van der Waals surface area contributed by atoms with Gasteiger partial charge in [0.2, 0.25) is 0 Å². The minimum absolute atomic E-state index is 0. The Morgan fingerprint density at radius 1 is 1.20 bits per heavy atom. The molecule has 1 aromatic carbocycles. The summed E-state index contributed by atoms with van der Waals surface area (Å²) in [5.41, 5.74) is 1.92. The van der Waals surface area contributed by atoms with Crippen LogP contribution in [0.5, 0.6) is 0 Å². The topological polar surface area (TPSA) is 69.5 Å². The van der Waals surface area contributed by atoms with Crippen molar-refractivity contribution in [3.63, 3.8) is 0 Å². The van der Waals surface area contributed by atoms with Crippen molar-refractivity contribution in [3.05, 3.63) is 52.3 Å². The number of rotatable bonds is 1. The number of nitrogens with zero attached hydrogens (tertiary/aromatic N) is 2. The highest BCUT2D eigenvalue weighted by Gasteiger charge is 1.98. The number of hydrogen-bond acceptors (Lipinski definition) is 3. The van der Waals surface area contributed by atoms with Gasteiger partial charge in [-0.15, -0.1) is 0 Å². The van der Waals surface area contributed by atoms with Gasteiger partial charge in [-0.2, -0.15) is 10.4 Å². The van der Waals surface area contributed by atoms with Gasteiger partial charge in [0.15, 0.2) is 0 Å². The van der Waals surface area contributed by atoms with Gasteiger partial charge in [0, 0.05) is 13.1 Å². The molecule has 0 bridgehead atoms. The van der Waals surface area contributed by atoms with E-state index >= 15 is 0 Å². The summed E-state index contributed by atoms with van der Waals surface area (Å²) < 4.78 is 0. The van der Waals surface area contributed by atoms with Crippen LogP contribution in [0.3, 0.4) is 0 Å². The van der Waals surface area contributed by atoms with Gasteiger partial charge in [-0.3, -0.25) is 4.79 Å². The Morgan fingerprint density at radius 3 is 2.47 bits per heavy atom. The molecule has 0 saturated heterocycles. The normalized spacial score (nSPS) is 9.53. The largest absolute Gasteiger partial charge is 0.268 e. The molecule has 1 N–H and O–H groups in total.